The molecular formula is C17H18O. The first-order chi connectivity index (χ1) is 8.86. The molecule has 0 radical (unpaired) electrons. The molecule has 3 rings (SSSR count). The molecule has 0 heterocycles. The molecule has 1 atom stereocenters. The smallest absolute Gasteiger partial charge is 0.119 e. The van der Waals surface area contributed by atoms with E-state index in [9.17, 15) is 0 Å². The van der Waals surface area contributed by atoms with Crippen LogP contribution < -0.4 is 4.74 Å². The van der Waals surface area contributed by atoms with Gasteiger partial charge >= 0.3 is 0 Å². The number of rotatable bonds is 3. The SMILES string of the molecule is COc1ccc2c(c1)CCC2Cc1ccccc1. The lowest BCUT2D eigenvalue weighted by Crippen LogP contribution is -1.98. The molecule has 0 saturated carbocycles. The van der Waals surface area contributed by atoms with Crippen molar-refractivity contribution < 1.29 is 4.74 Å². The molecule has 2 aromatic rings. The van der Waals surface area contributed by atoms with Crippen LogP contribution in [0.25, 0.3) is 0 Å². The van der Waals surface area contributed by atoms with E-state index in [1.165, 1.54) is 29.5 Å². The van der Waals surface area contributed by atoms with E-state index in [1.54, 1.807) is 7.11 Å². The minimum absolute atomic E-state index is 0.674. The van der Waals surface area contributed by atoms with Crippen LogP contribution in [0.15, 0.2) is 48.5 Å². The highest BCUT2D eigenvalue weighted by Crippen LogP contribution is 2.37. The largest absolute Gasteiger partial charge is 0.497 e. The van der Waals surface area contributed by atoms with Crippen LogP contribution in [-0.4, -0.2) is 7.11 Å². The lowest BCUT2D eigenvalue weighted by atomic mass is 9.94. The van der Waals surface area contributed by atoms with E-state index in [1.807, 2.05) is 0 Å². The van der Waals surface area contributed by atoms with Crippen molar-refractivity contribution in [2.75, 3.05) is 7.11 Å². The minimum atomic E-state index is 0.674. The summed E-state index contributed by atoms with van der Waals surface area (Å²) in [6.45, 7) is 0. The molecule has 0 aliphatic heterocycles. The fourth-order valence-corrected chi connectivity index (χ4v) is 2.92. The predicted octanol–water partition coefficient (Wildman–Crippen LogP) is 3.97. The average molecular weight is 238 g/mol. The molecular weight excluding hydrogens is 220 g/mol. The molecule has 1 heteroatoms. The van der Waals surface area contributed by atoms with E-state index in [4.69, 9.17) is 4.74 Å². The minimum Gasteiger partial charge on any atom is -0.497 e. The first-order valence-electron chi connectivity index (χ1n) is 6.57. The summed E-state index contributed by atoms with van der Waals surface area (Å²) in [5, 5.41) is 0. The van der Waals surface area contributed by atoms with Gasteiger partial charge in [0.2, 0.25) is 0 Å². The van der Waals surface area contributed by atoms with Crippen molar-refractivity contribution in [2.45, 2.75) is 25.2 Å². The van der Waals surface area contributed by atoms with Gasteiger partial charge in [0.25, 0.3) is 0 Å². The van der Waals surface area contributed by atoms with Crippen molar-refractivity contribution in [2.24, 2.45) is 0 Å². The van der Waals surface area contributed by atoms with Crippen molar-refractivity contribution in [3.05, 3.63) is 65.2 Å². The summed E-state index contributed by atoms with van der Waals surface area (Å²) in [6.07, 6.45) is 3.60. The van der Waals surface area contributed by atoms with E-state index in [0.29, 0.717) is 5.92 Å². The van der Waals surface area contributed by atoms with Crippen molar-refractivity contribution in [3.63, 3.8) is 0 Å². The summed E-state index contributed by atoms with van der Waals surface area (Å²) in [7, 11) is 1.73. The Kier molecular flexibility index (Phi) is 3.06. The Bertz CT molecular complexity index is 531. The van der Waals surface area contributed by atoms with Gasteiger partial charge in [-0.25, -0.2) is 0 Å². The standard InChI is InChI=1S/C17H18O/c1-18-16-9-10-17-14(7-8-15(17)12-16)11-13-5-3-2-4-6-13/h2-6,9-10,12,14H,7-8,11H2,1H3. The maximum atomic E-state index is 5.29. The first kappa shape index (κ1) is 11.3. The van der Waals surface area contributed by atoms with Gasteiger partial charge in [-0.1, -0.05) is 36.4 Å². The highest BCUT2D eigenvalue weighted by Gasteiger charge is 2.22. The van der Waals surface area contributed by atoms with E-state index in [0.717, 1.165) is 12.2 Å². The van der Waals surface area contributed by atoms with Gasteiger partial charge in [0.1, 0.15) is 5.75 Å². The number of aryl methyl sites for hydroxylation is 1. The quantitative estimate of drug-likeness (QED) is 0.786. The Morgan fingerprint density at radius 1 is 1.11 bits per heavy atom. The number of hydrogen-bond donors (Lipinski definition) is 0. The monoisotopic (exact) mass is 238 g/mol. The third kappa shape index (κ3) is 2.13. The number of methoxy groups -OCH3 is 1. The Morgan fingerprint density at radius 3 is 2.72 bits per heavy atom. The molecule has 1 aliphatic rings. The molecule has 0 aromatic heterocycles. The van der Waals surface area contributed by atoms with Crippen LogP contribution in [0, 0.1) is 0 Å². The van der Waals surface area contributed by atoms with Crippen molar-refractivity contribution in [3.8, 4) is 5.75 Å². The van der Waals surface area contributed by atoms with Gasteiger partial charge in [-0.05, 0) is 54.0 Å². The topological polar surface area (TPSA) is 9.23 Å². The molecule has 0 N–H and O–H groups in total. The normalized spacial score (nSPS) is 17.5. The van der Waals surface area contributed by atoms with E-state index in [-0.39, 0.29) is 0 Å². The van der Waals surface area contributed by atoms with Crippen LogP contribution in [0.3, 0.4) is 0 Å². The fourth-order valence-electron chi connectivity index (χ4n) is 2.92. The zero-order valence-corrected chi connectivity index (χ0v) is 10.7. The van der Waals surface area contributed by atoms with Crippen LogP contribution >= 0.6 is 0 Å². The van der Waals surface area contributed by atoms with Crippen LogP contribution in [0.5, 0.6) is 5.75 Å². The third-order valence-corrected chi connectivity index (χ3v) is 3.88. The number of benzene rings is 2. The van der Waals surface area contributed by atoms with Gasteiger partial charge < -0.3 is 4.74 Å². The fraction of sp³-hybridized carbons (Fsp3) is 0.294. The molecule has 2 aromatic carbocycles. The summed E-state index contributed by atoms with van der Waals surface area (Å²) in [5.74, 6) is 1.66. The molecule has 0 spiro atoms. The van der Waals surface area contributed by atoms with Crippen LogP contribution in [0.1, 0.15) is 29.0 Å². The second kappa shape index (κ2) is 4.85. The van der Waals surface area contributed by atoms with Gasteiger partial charge in [-0.3, -0.25) is 0 Å². The maximum absolute atomic E-state index is 5.29. The van der Waals surface area contributed by atoms with Crippen molar-refractivity contribution in [1.29, 1.82) is 0 Å². The lowest BCUT2D eigenvalue weighted by molar-refractivity contribution is 0.414. The van der Waals surface area contributed by atoms with E-state index in [2.05, 4.69) is 48.5 Å². The summed E-state index contributed by atoms with van der Waals surface area (Å²) in [4.78, 5) is 0. The lowest BCUT2D eigenvalue weighted by Gasteiger charge is -2.12. The molecule has 0 amide bonds. The summed E-state index contributed by atoms with van der Waals surface area (Å²) >= 11 is 0. The summed E-state index contributed by atoms with van der Waals surface area (Å²) in [6, 6.07) is 17.3. The molecule has 18 heavy (non-hydrogen) atoms. The molecule has 0 saturated heterocycles. The van der Waals surface area contributed by atoms with Gasteiger partial charge in [0, 0.05) is 0 Å². The molecule has 92 valence electrons. The predicted molar refractivity (Wildman–Crippen MR) is 74.2 cm³/mol. The third-order valence-electron chi connectivity index (χ3n) is 3.88. The average Bonchev–Trinajstić information content (AvgIpc) is 2.82. The highest BCUT2D eigenvalue weighted by atomic mass is 16.5. The molecule has 0 fully saturated rings. The van der Waals surface area contributed by atoms with Gasteiger partial charge in [0.15, 0.2) is 0 Å². The van der Waals surface area contributed by atoms with Crippen molar-refractivity contribution >= 4 is 0 Å². The van der Waals surface area contributed by atoms with Gasteiger partial charge in [0.05, 0.1) is 7.11 Å². The summed E-state index contributed by atoms with van der Waals surface area (Å²) < 4.78 is 5.29. The van der Waals surface area contributed by atoms with Gasteiger partial charge in [-0.15, -0.1) is 0 Å². The van der Waals surface area contributed by atoms with Crippen LogP contribution in [0.4, 0.5) is 0 Å². The summed E-state index contributed by atoms with van der Waals surface area (Å²) in [5.41, 5.74) is 4.42. The molecule has 1 unspecified atom stereocenters. The Hall–Kier alpha value is -1.76. The maximum Gasteiger partial charge on any atom is 0.119 e. The van der Waals surface area contributed by atoms with Gasteiger partial charge in [-0.2, -0.15) is 0 Å². The second-order valence-electron chi connectivity index (χ2n) is 4.99. The molecule has 0 bridgehead atoms. The Morgan fingerprint density at radius 2 is 1.94 bits per heavy atom. The molecule has 1 nitrogen and oxygen atoms in total. The van der Waals surface area contributed by atoms with Crippen molar-refractivity contribution in [1.82, 2.24) is 0 Å². The first-order valence-corrected chi connectivity index (χ1v) is 6.57. The Balaban J connectivity index is 1.82. The van der Waals surface area contributed by atoms with Crippen LogP contribution in [-0.2, 0) is 12.8 Å². The zero-order chi connectivity index (χ0) is 12.4. The highest BCUT2D eigenvalue weighted by molar-refractivity contribution is 5.41. The number of fused-ring (bicyclic) bond motifs is 1. The zero-order valence-electron chi connectivity index (χ0n) is 10.7. The van der Waals surface area contributed by atoms with Crippen LogP contribution in [0.2, 0.25) is 0 Å². The number of ether oxygens (including phenoxy) is 1. The number of hydrogen-bond acceptors (Lipinski definition) is 1. The van der Waals surface area contributed by atoms with E-state index < -0.39 is 0 Å². The second-order valence-corrected chi connectivity index (χ2v) is 4.99. The Labute approximate surface area is 108 Å². The molecule has 1 aliphatic carbocycles. The van der Waals surface area contributed by atoms with E-state index >= 15 is 0 Å².